The van der Waals surface area contributed by atoms with Crippen LogP contribution in [0.3, 0.4) is 0 Å². The van der Waals surface area contributed by atoms with Crippen LogP contribution in [0.15, 0.2) is 24.3 Å². The van der Waals surface area contributed by atoms with E-state index in [4.69, 9.17) is 12.2 Å². The highest BCUT2D eigenvalue weighted by Gasteiger charge is 2.01. The second-order valence-electron chi connectivity index (χ2n) is 3.13. The lowest BCUT2D eigenvalue weighted by molar-refractivity contribution is 0.632. The Morgan fingerprint density at radius 1 is 1.43 bits per heavy atom. The smallest absolute Gasteiger partial charge is 0.146 e. The molecule has 0 bridgehead atoms. The lowest BCUT2D eigenvalue weighted by Gasteiger charge is -2.07. The van der Waals surface area contributed by atoms with Crippen LogP contribution in [0.2, 0.25) is 0 Å². The fourth-order valence-electron chi connectivity index (χ4n) is 1.11. The molecule has 0 radical (unpaired) electrons. The summed E-state index contributed by atoms with van der Waals surface area (Å²) in [6, 6.07) is 6.56. The first-order valence-electron chi connectivity index (χ1n) is 4.78. The summed E-state index contributed by atoms with van der Waals surface area (Å²) in [7, 11) is 0. The number of benzene rings is 1. The first kappa shape index (κ1) is 11.1. The van der Waals surface area contributed by atoms with Gasteiger partial charge in [-0.05, 0) is 25.0 Å². The molecule has 0 saturated carbocycles. The number of nitrogens with one attached hydrogen (secondary N) is 1. The molecular weight excluding hydrogens is 197 g/mol. The summed E-state index contributed by atoms with van der Waals surface area (Å²) in [5, 5.41) is 2.90. The van der Waals surface area contributed by atoms with Gasteiger partial charge in [-0.15, -0.1) is 0 Å². The Hall–Kier alpha value is -0.960. The predicted molar refractivity (Wildman–Crippen MR) is 62.1 cm³/mol. The molecule has 14 heavy (non-hydrogen) atoms. The van der Waals surface area contributed by atoms with Gasteiger partial charge in [0.05, 0.1) is 10.7 Å². The second kappa shape index (κ2) is 5.70. The van der Waals surface area contributed by atoms with Crippen molar-refractivity contribution >= 4 is 22.9 Å². The Labute approximate surface area is 89.3 Å². The summed E-state index contributed by atoms with van der Waals surface area (Å²) >= 11 is 5.08. The quantitative estimate of drug-likeness (QED) is 0.761. The molecule has 0 spiro atoms. The topological polar surface area (TPSA) is 12.0 Å². The van der Waals surface area contributed by atoms with Crippen molar-refractivity contribution in [2.75, 3.05) is 5.32 Å². The zero-order chi connectivity index (χ0) is 10.4. The van der Waals surface area contributed by atoms with Crippen LogP contribution in [-0.2, 0) is 0 Å². The van der Waals surface area contributed by atoms with E-state index in [2.05, 4.69) is 12.2 Å². The molecule has 0 atom stereocenters. The van der Waals surface area contributed by atoms with Crippen molar-refractivity contribution in [2.45, 2.75) is 26.2 Å². The van der Waals surface area contributed by atoms with Gasteiger partial charge in [0, 0.05) is 0 Å². The van der Waals surface area contributed by atoms with Gasteiger partial charge in [-0.2, -0.15) is 0 Å². The summed E-state index contributed by atoms with van der Waals surface area (Å²) in [5.41, 5.74) is 0.466. The van der Waals surface area contributed by atoms with Gasteiger partial charge in [0.2, 0.25) is 0 Å². The third kappa shape index (κ3) is 3.42. The molecule has 3 heteroatoms. The summed E-state index contributed by atoms with van der Waals surface area (Å²) in [6.45, 7) is 2.10. The number of hydrogen-bond donors (Lipinski definition) is 1. The van der Waals surface area contributed by atoms with E-state index in [1.54, 1.807) is 18.2 Å². The fourth-order valence-corrected chi connectivity index (χ4v) is 1.37. The molecule has 1 nitrogen and oxygen atoms in total. The average molecular weight is 211 g/mol. The van der Waals surface area contributed by atoms with Gasteiger partial charge in [0.25, 0.3) is 0 Å². The van der Waals surface area contributed by atoms with E-state index >= 15 is 0 Å². The van der Waals surface area contributed by atoms with Crippen molar-refractivity contribution in [3.05, 3.63) is 30.1 Å². The lowest BCUT2D eigenvalue weighted by Crippen LogP contribution is -2.09. The molecule has 0 unspecified atom stereocenters. The van der Waals surface area contributed by atoms with Crippen molar-refractivity contribution in [2.24, 2.45) is 0 Å². The van der Waals surface area contributed by atoms with E-state index in [1.165, 1.54) is 6.07 Å². The number of para-hydroxylation sites is 1. The standard InChI is InChI=1S/C11H14FNS/c1-2-3-8-11(14)13-10-7-5-4-6-9(10)12/h4-7H,2-3,8H2,1H3,(H,13,14). The number of anilines is 1. The van der Waals surface area contributed by atoms with Crippen LogP contribution in [0.1, 0.15) is 26.2 Å². The van der Waals surface area contributed by atoms with Crippen LogP contribution < -0.4 is 5.32 Å². The molecule has 0 heterocycles. The molecule has 0 aliphatic heterocycles. The summed E-state index contributed by atoms with van der Waals surface area (Å²) in [6.07, 6.45) is 2.96. The van der Waals surface area contributed by atoms with Gasteiger partial charge in [0.15, 0.2) is 0 Å². The van der Waals surface area contributed by atoms with Gasteiger partial charge in [-0.3, -0.25) is 0 Å². The SMILES string of the molecule is CCCCC(=S)Nc1ccccc1F. The van der Waals surface area contributed by atoms with E-state index < -0.39 is 0 Å². The first-order valence-corrected chi connectivity index (χ1v) is 5.19. The van der Waals surface area contributed by atoms with Gasteiger partial charge in [-0.25, -0.2) is 4.39 Å². The third-order valence-electron chi connectivity index (χ3n) is 1.91. The molecule has 76 valence electrons. The molecule has 0 aromatic heterocycles. The van der Waals surface area contributed by atoms with E-state index in [0.717, 1.165) is 19.3 Å². The molecular formula is C11H14FNS. The average Bonchev–Trinajstić information content (AvgIpc) is 2.18. The van der Waals surface area contributed by atoms with Crippen molar-refractivity contribution < 1.29 is 4.39 Å². The number of halogens is 1. The molecule has 0 saturated heterocycles. The zero-order valence-corrected chi connectivity index (χ0v) is 9.03. The van der Waals surface area contributed by atoms with Crippen LogP contribution in [0, 0.1) is 5.82 Å². The maximum atomic E-state index is 13.2. The van der Waals surface area contributed by atoms with Crippen molar-refractivity contribution in [3.63, 3.8) is 0 Å². The van der Waals surface area contributed by atoms with Crippen LogP contribution >= 0.6 is 12.2 Å². The molecule has 1 aromatic carbocycles. The maximum absolute atomic E-state index is 13.2. The minimum Gasteiger partial charge on any atom is -0.348 e. The minimum atomic E-state index is -0.258. The number of thiocarbonyl (C=S) groups is 1. The van der Waals surface area contributed by atoms with Gasteiger partial charge in [0.1, 0.15) is 5.82 Å². The molecule has 0 aliphatic rings. The molecule has 1 aromatic rings. The number of rotatable bonds is 4. The lowest BCUT2D eigenvalue weighted by atomic mass is 10.2. The maximum Gasteiger partial charge on any atom is 0.146 e. The fraction of sp³-hybridized carbons (Fsp3) is 0.364. The largest absolute Gasteiger partial charge is 0.348 e. The Morgan fingerprint density at radius 3 is 2.79 bits per heavy atom. The zero-order valence-electron chi connectivity index (χ0n) is 8.22. The Kier molecular flexibility index (Phi) is 4.53. The first-order chi connectivity index (χ1) is 6.74. The minimum absolute atomic E-state index is 0.258. The number of unbranched alkanes of at least 4 members (excludes halogenated alkanes) is 1. The Bertz CT molecular complexity index is 312. The Morgan fingerprint density at radius 2 is 2.14 bits per heavy atom. The van der Waals surface area contributed by atoms with Gasteiger partial charge in [-0.1, -0.05) is 37.7 Å². The van der Waals surface area contributed by atoms with E-state index in [-0.39, 0.29) is 5.82 Å². The van der Waals surface area contributed by atoms with Gasteiger partial charge < -0.3 is 5.32 Å². The van der Waals surface area contributed by atoms with E-state index in [9.17, 15) is 4.39 Å². The van der Waals surface area contributed by atoms with Crippen molar-refractivity contribution in [1.29, 1.82) is 0 Å². The highest BCUT2D eigenvalue weighted by Crippen LogP contribution is 2.13. The van der Waals surface area contributed by atoms with Crippen LogP contribution in [0.25, 0.3) is 0 Å². The van der Waals surface area contributed by atoms with E-state index in [1.807, 2.05) is 0 Å². The molecule has 0 fully saturated rings. The van der Waals surface area contributed by atoms with Crippen LogP contribution in [-0.4, -0.2) is 4.99 Å². The second-order valence-corrected chi connectivity index (χ2v) is 3.62. The highest BCUT2D eigenvalue weighted by molar-refractivity contribution is 7.80. The van der Waals surface area contributed by atoms with Crippen LogP contribution in [0.5, 0.6) is 0 Å². The van der Waals surface area contributed by atoms with Crippen LogP contribution in [0.4, 0.5) is 10.1 Å². The molecule has 1 N–H and O–H groups in total. The Balaban J connectivity index is 2.52. The molecule has 0 aliphatic carbocycles. The predicted octanol–water partition coefficient (Wildman–Crippen LogP) is 3.76. The molecule has 1 rings (SSSR count). The third-order valence-corrected chi connectivity index (χ3v) is 2.21. The number of hydrogen-bond acceptors (Lipinski definition) is 1. The van der Waals surface area contributed by atoms with Crippen molar-refractivity contribution in [1.82, 2.24) is 0 Å². The monoisotopic (exact) mass is 211 g/mol. The van der Waals surface area contributed by atoms with E-state index in [0.29, 0.717) is 10.7 Å². The highest BCUT2D eigenvalue weighted by atomic mass is 32.1. The van der Waals surface area contributed by atoms with Crippen molar-refractivity contribution in [3.8, 4) is 0 Å². The summed E-state index contributed by atoms with van der Waals surface area (Å²) < 4.78 is 13.2. The van der Waals surface area contributed by atoms with Gasteiger partial charge >= 0.3 is 0 Å². The summed E-state index contributed by atoms with van der Waals surface area (Å²) in [5.74, 6) is -0.258. The summed E-state index contributed by atoms with van der Waals surface area (Å²) in [4.78, 5) is 0.706. The molecule has 0 amide bonds. The normalized spacial score (nSPS) is 9.86.